The van der Waals surface area contributed by atoms with Gasteiger partial charge >= 0.3 is 0 Å². The van der Waals surface area contributed by atoms with Crippen molar-refractivity contribution in [3.8, 4) is 11.3 Å². The van der Waals surface area contributed by atoms with Gasteiger partial charge in [-0.3, -0.25) is 4.90 Å². The average Bonchev–Trinajstić information content (AvgIpc) is 3.42. The van der Waals surface area contributed by atoms with Crippen LogP contribution in [0.15, 0.2) is 84.2 Å². The molecule has 0 unspecified atom stereocenters. The fourth-order valence-electron chi connectivity index (χ4n) is 5.22. The Morgan fingerprint density at radius 3 is 2.12 bits per heavy atom. The highest BCUT2D eigenvalue weighted by Crippen LogP contribution is 2.28. The molecule has 0 amide bonds. The van der Waals surface area contributed by atoms with Crippen molar-refractivity contribution in [1.82, 2.24) is 9.88 Å². The number of carboxylic acids is 1. The molecule has 210 valence electrons. The first-order valence-electron chi connectivity index (χ1n) is 14.3. The maximum Gasteiger partial charge on any atom is 0.107 e. The minimum absolute atomic E-state index is 0.133. The molecule has 0 spiro atoms. The zero-order valence-electron chi connectivity index (χ0n) is 23.9. The second-order valence-electron chi connectivity index (χ2n) is 10.5. The van der Waals surface area contributed by atoms with Crippen molar-refractivity contribution in [2.75, 3.05) is 18.5 Å². The van der Waals surface area contributed by atoms with Crippen molar-refractivity contribution in [2.45, 2.75) is 65.1 Å². The van der Waals surface area contributed by atoms with Crippen LogP contribution < -0.4 is 10.0 Å². The fourth-order valence-corrected chi connectivity index (χ4v) is 6.07. The number of hydrogen-bond acceptors (Lipinski definition) is 6. The summed E-state index contributed by atoms with van der Waals surface area (Å²) in [6.45, 7) is 6.25. The van der Waals surface area contributed by atoms with Gasteiger partial charge in [0.1, 0.15) is 5.01 Å². The van der Waals surface area contributed by atoms with E-state index in [1.807, 2.05) is 40.6 Å². The number of aliphatic carboxylic acids is 1. The first-order valence-corrected chi connectivity index (χ1v) is 15.1. The highest BCUT2D eigenvalue weighted by Gasteiger charge is 2.13. The molecule has 6 heteroatoms. The summed E-state index contributed by atoms with van der Waals surface area (Å²) >= 11 is 1.56. The summed E-state index contributed by atoms with van der Waals surface area (Å²) in [6, 6.07) is 27.5. The molecule has 4 rings (SSSR count). The molecule has 40 heavy (non-hydrogen) atoms. The quantitative estimate of drug-likeness (QED) is 0.160. The van der Waals surface area contributed by atoms with Crippen LogP contribution in [0.1, 0.15) is 67.1 Å². The summed E-state index contributed by atoms with van der Waals surface area (Å²) < 4.78 is 0. The van der Waals surface area contributed by atoms with Crippen molar-refractivity contribution >= 4 is 23.0 Å². The highest BCUT2D eigenvalue weighted by atomic mass is 32.1. The lowest BCUT2D eigenvalue weighted by Gasteiger charge is -2.21. The van der Waals surface area contributed by atoms with Crippen LogP contribution >= 0.6 is 11.3 Å². The average molecular weight is 555 g/mol. The summed E-state index contributed by atoms with van der Waals surface area (Å²) in [5.41, 5.74) is 6.95. The van der Waals surface area contributed by atoms with Crippen molar-refractivity contribution < 1.29 is 9.90 Å². The number of aromatic nitrogens is 1. The lowest BCUT2D eigenvalue weighted by atomic mass is 9.90. The zero-order valence-corrected chi connectivity index (χ0v) is 24.7. The zero-order chi connectivity index (χ0) is 28.3. The lowest BCUT2D eigenvalue weighted by Crippen LogP contribution is -2.37. The molecule has 3 aromatic carbocycles. The number of nitrogens with zero attached hydrogens (tertiary/aromatic N) is 3. The van der Waals surface area contributed by atoms with Gasteiger partial charge in [0, 0.05) is 43.3 Å². The van der Waals surface area contributed by atoms with E-state index in [1.54, 1.807) is 11.3 Å². The molecule has 0 aliphatic heterocycles. The van der Waals surface area contributed by atoms with E-state index in [9.17, 15) is 9.90 Å². The van der Waals surface area contributed by atoms with Crippen molar-refractivity contribution in [1.29, 1.82) is 0 Å². The van der Waals surface area contributed by atoms with Gasteiger partial charge in [-0.05, 0) is 47.6 Å². The van der Waals surface area contributed by atoms with E-state index in [0.717, 1.165) is 34.1 Å². The number of hydrogen-bond donors (Lipinski definition) is 0. The van der Waals surface area contributed by atoms with Gasteiger partial charge in [0.2, 0.25) is 0 Å². The third kappa shape index (κ3) is 8.51. The van der Waals surface area contributed by atoms with E-state index in [1.165, 1.54) is 36.8 Å². The van der Waals surface area contributed by atoms with Gasteiger partial charge < -0.3 is 14.8 Å². The summed E-state index contributed by atoms with van der Waals surface area (Å²) in [6.07, 6.45) is 4.96. The van der Waals surface area contributed by atoms with E-state index in [2.05, 4.69) is 74.3 Å². The molecule has 0 atom stereocenters. The Bertz CT molecular complexity index is 1310. The van der Waals surface area contributed by atoms with E-state index < -0.39 is 5.97 Å². The van der Waals surface area contributed by atoms with Crippen molar-refractivity contribution in [3.63, 3.8) is 0 Å². The Balaban J connectivity index is 1.37. The van der Waals surface area contributed by atoms with Crippen molar-refractivity contribution in [3.05, 3.63) is 106 Å². The van der Waals surface area contributed by atoms with Gasteiger partial charge in [-0.2, -0.15) is 0 Å². The van der Waals surface area contributed by atoms with Gasteiger partial charge in [-0.25, -0.2) is 4.98 Å². The number of benzene rings is 3. The van der Waals surface area contributed by atoms with Crippen LogP contribution in [-0.2, 0) is 24.4 Å². The molecule has 4 aromatic rings. The minimum atomic E-state index is -1.08. The molecule has 1 aromatic heterocycles. The number of carbonyl (C=O) groups is 1. The topological polar surface area (TPSA) is 59.5 Å². The monoisotopic (exact) mass is 554 g/mol. The molecule has 0 bridgehead atoms. The maximum atomic E-state index is 11.3. The molecular formula is C34H40N3O2S-. The molecular weight excluding hydrogens is 514 g/mol. The molecule has 0 radical (unpaired) electrons. The van der Waals surface area contributed by atoms with Crippen LogP contribution in [0, 0.1) is 0 Å². The molecule has 5 nitrogen and oxygen atoms in total. The molecule has 1 heterocycles. The summed E-state index contributed by atoms with van der Waals surface area (Å²) in [5.74, 6) is -0.415. The van der Waals surface area contributed by atoms with Crippen LogP contribution in [0.5, 0.6) is 0 Å². The Morgan fingerprint density at radius 2 is 1.50 bits per heavy atom. The number of carbonyl (C=O) groups excluding carboxylic acids is 1. The van der Waals surface area contributed by atoms with Crippen LogP contribution in [0.2, 0.25) is 0 Å². The third-order valence-corrected chi connectivity index (χ3v) is 8.09. The van der Waals surface area contributed by atoms with Crippen LogP contribution in [0.3, 0.4) is 0 Å². The fraction of sp³-hybridized carbons (Fsp3) is 0.353. The second-order valence-corrected chi connectivity index (χ2v) is 11.5. The summed E-state index contributed by atoms with van der Waals surface area (Å²) in [7, 11) is 2.12. The van der Waals surface area contributed by atoms with Gasteiger partial charge in [-0.1, -0.05) is 93.4 Å². The van der Waals surface area contributed by atoms with Gasteiger partial charge in [0.05, 0.1) is 18.2 Å². The smallest absolute Gasteiger partial charge is 0.107 e. The Kier molecular flexibility index (Phi) is 10.9. The SMILES string of the molecule is CCCC(CCC)c1ccc(CN(C)c2ccc(-c3csc(CN(CC(=O)[O-])Cc4ccccc4)n3)cc2)cc1. The third-order valence-electron chi connectivity index (χ3n) is 7.26. The van der Waals surface area contributed by atoms with E-state index in [-0.39, 0.29) is 6.54 Å². The highest BCUT2D eigenvalue weighted by molar-refractivity contribution is 7.09. The predicted molar refractivity (Wildman–Crippen MR) is 164 cm³/mol. The van der Waals surface area contributed by atoms with E-state index >= 15 is 0 Å². The number of anilines is 1. The first-order chi connectivity index (χ1) is 19.4. The number of rotatable bonds is 15. The summed E-state index contributed by atoms with van der Waals surface area (Å²) in [5, 5.41) is 14.3. The lowest BCUT2D eigenvalue weighted by molar-refractivity contribution is -0.306. The number of carboxylic acid groups (broad SMARTS) is 1. The Morgan fingerprint density at radius 1 is 0.850 bits per heavy atom. The normalized spacial score (nSPS) is 11.3. The van der Waals surface area contributed by atoms with Crippen LogP contribution in [-0.4, -0.2) is 29.4 Å². The van der Waals surface area contributed by atoms with E-state index in [4.69, 9.17) is 4.98 Å². The predicted octanol–water partition coefficient (Wildman–Crippen LogP) is 6.88. The molecule has 0 fully saturated rings. The maximum absolute atomic E-state index is 11.3. The number of thiazole rings is 1. The van der Waals surface area contributed by atoms with Gasteiger partial charge in [0.25, 0.3) is 0 Å². The molecule has 0 saturated heterocycles. The summed E-state index contributed by atoms with van der Waals surface area (Å²) in [4.78, 5) is 20.3. The molecule has 0 aliphatic rings. The first kappa shape index (κ1) is 29.5. The Hall–Kier alpha value is -3.48. The van der Waals surface area contributed by atoms with Crippen molar-refractivity contribution in [2.24, 2.45) is 0 Å². The standard InChI is InChI=1S/C34H41N3O2S/c1-4-9-28(10-5-2)29-15-13-27(14-16-29)21-36(3)31-19-17-30(18-20-31)32-25-40-33(35-32)23-37(24-34(38)39)22-26-11-7-6-8-12-26/h6-8,11-20,25,28H,4-5,9-10,21-24H2,1-3H3,(H,38,39)/p-1. The molecule has 0 aliphatic carbocycles. The van der Waals surface area contributed by atoms with Gasteiger partial charge in [-0.15, -0.1) is 11.3 Å². The van der Waals surface area contributed by atoms with Crippen LogP contribution in [0.25, 0.3) is 11.3 Å². The Labute approximate surface area is 243 Å². The van der Waals surface area contributed by atoms with Gasteiger partial charge in [0.15, 0.2) is 0 Å². The second kappa shape index (κ2) is 14.8. The molecule has 0 saturated carbocycles. The minimum Gasteiger partial charge on any atom is -0.549 e. The van der Waals surface area contributed by atoms with Crippen LogP contribution in [0.4, 0.5) is 5.69 Å². The largest absolute Gasteiger partial charge is 0.549 e. The van der Waals surface area contributed by atoms with E-state index in [0.29, 0.717) is 19.0 Å². The molecule has 0 N–H and O–H groups in total.